The lowest BCUT2D eigenvalue weighted by Gasteiger charge is -2.13. The number of sulfonamides is 1. The van der Waals surface area contributed by atoms with Gasteiger partial charge in [0.05, 0.1) is 15.8 Å². The Kier molecular flexibility index (Phi) is 7.91. The van der Waals surface area contributed by atoms with Crippen LogP contribution in [0.3, 0.4) is 0 Å². The zero-order chi connectivity index (χ0) is 24.7. The van der Waals surface area contributed by atoms with E-state index in [0.29, 0.717) is 10.7 Å². The van der Waals surface area contributed by atoms with Crippen LogP contribution in [0.25, 0.3) is 11.3 Å². The molecule has 0 saturated heterocycles. The molecule has 4 rings (SSSR count). The summed E-state index contributed by atoms with van der Waals surface area (Å²) in [6, 6.07) is 27.0. The summed E-state index contributed by atoms with van der Waals surface area (Å²) in [4.78, 5) is 21.4. The SMILES string of the molecule is CC(Sc1cc(-c2ccccc2)ncn1)C(=O)Nc1ccc(S(=O)(=O)NCc2ccccc2)cc1. The smallest absolute Gasteiger partial charge is 0.240 e. The molecule has 1 unspecified atom stereocenters. The molecule has 0 saturated carbocycles. The predicted molar refractivity (Wildman–Crippen MR) is 138 cm³/mol. The van der Waals surface area contributed by atoms with Crippen LogP contribution in [0.1, 0.15) is 12.5 Å². The van der Waals surface area contributed by atoms with E-state index in [1.54, 1.807) is 19.1 Å². The third-order valence-electron chi connectivity index (χ3n) is 5.12. The number of carbonyl (C=O) groups excluding carboxylic acids is 1. The number of rotatable bonds is 9. The minimum absolute atomic E-state index is 0.128. The van der Waals surface area contributed by atoms with Crippen LogP contribution in [-0.4, -0.2) is 29.5 Å². The Labute approximate surface area is 209 Å². The van der Waals surface area contributed by atoms with Gasteiger partial charge < -0.3 is 5.32 Å². The first-order valence-corrected chi connectivity index (χ1v) is 13.3. The lowest BCUT2D eigenvalue weighted by atomic mass is 10.1. The van der Waals surface area contributed by atoms with Crippen molar-refractivity contribution in [2.75, 3.05) is 5.32 Å². The number of nitrogens with zero attached hydrogens (tertiary/aromatic N) is 2. The van der Waals surface area contributed by atoms with Crippen LogP contribution in [0.5, 0.6) is 0 Å². The fourth-order valence-electron chi connectivity index (χ4n) is 3.22. The van der Waals surface area contributed by atoms with E-state index >= 15 is 0 Å². The van der Waals surface area contributed by atoms with Crippen molar-refractivity contribution in [3.05, 3.63) is 103 Å². The van der Waals surface area contributed by atoms with E-state index in [1.807, 2.05) is 66.7 Å². The molecule has 0 bridgehead atoms. The van der Waals surface area contributed by atoms with Crippen LogP contribution in [0.15, 0.2) is 107 Å². The zero-order valence-electron chi connectivity index (χ0n) is 19.0. The summed E-state index contributed by atoms with van der Waals surface area (Å²) in [7, 11) is -3.67. The number of hydrogen-bond acceptors (Lipinski definition) is 6. The number of hydrogen-bond donors (Lipinski definition) is 2. The molecule has 0 fully saturated rings. The van der Waals surface area contributed by atoms with Crippen LogP contribution in [0, 0.1) is 0 Å². The van der Waals surface area contributed by atoms with Gasteiger partial charge in [0.15, 0.2) is 0 Å². The van der Waals surface area contributed by atoms with Crippen molar-refractivity contribution < 1.29 is 13.2 Å². The number of carbonyl (C=O) groups is 1. The summed E-state index contributed by atoms with van der Waals surface area (Å²) in [5, 5.41) is 3.09. The maximum Gasteiger partial charge on any atom is 0.240 e. The summed E-state index contributed by atoms with van der Waals surface area (Å²) in [6.45, 7) is 1.99. The predicted octanol–water partition coefficient (Wildman–Crippen LogP) is 4.74. The number of benzene rings is 3. The average Bonchev–Trinajstić information content (AvgIpc) is 2.89. The molecule has 0 aliphatic rings. The van der Waals surface area contributed by atoms with Crippen molar-refractivity contribution in [3.63, 3.8) is 0 Å². The fraction of sp³-hybridized carbons (Fsp3) is 0.115. The minimum Gasteiger partial charge on any atom is -0.325 e. The van der Waals surface area contributed by atoms with Crippen molar-refractivity contribution >= 4 is 33.4 Å². The van der Waals surface area contributed by atoms with Gasteiger partial charge in [0.1, 0.15) is 11.4 Å². The molecule has 35 heavy (non-hydrogen) atoms. The van der Waals surface area contributed by atoms with E-state index in [1.165, 1.54) is 30.2 Å². The van der Waals surface area contributed by atoms with Gasteiger partial charge in [0, 0.05) is 17.8 Å². The topological polar surface area (TPSA) is 101 Å². The van der Waals surface area contributed by atoms with Crippen molar-refractivity contribution in [1.29, 1.82) is 0 Å². The van der Waals surface area contributed by atoms with Crippen LogP contribution >= 0.6 is 11.8 Å². The lowest BCUT2D eigenvalue weighted by molar-refractivity contribution is -0.115. The number of anilines is 1. The monoisotopic (exact) mass is 504 g/mol. The molecule has 0 spiro atoms. The van der Waals surface area contributed by atoms with Gasteiger partial charge in [-0.25, -0.2) is 23.1 Å². The normalized spacial score (nSPS) is 12.1. The Morgan fingerprint density at radius 2 is 1.57 bits per heavy atom. The summed E-state index contributed by atoms with van der Waals surface area (Å²) >= 11 is 1.32. The van der Waals surface area contributed by atoms with Crippen molar-refractivity contribution in [2.24, 2.45) is 0 Å². The number of thioether (sulfide) groups is 1. The van der Waals surface area contributed by atoms with Gasteiger partial charge in [-0.1, -0.05) is 72.4 Å². The van der Waals surface area contributed by atoms with Crippen molar-refractivity contribution in [1.82, 2.24) is 14.7 Å². The molecule has 1 atom stereocenters. The second-order valence-electron chi connectivity index (χ2n) is 7.69. The van der Waals surface area contributed by atoms with E-state index in [-0.39, 0.29) is 17.3 Å². The Bertz CT molecular complexity index is 1380. The van der Waals surface area contributed by atoms with Crippen molar-refractivity contribution in [3.8, 4) is 11.3 Å². The quantitative estimate of drug-likeness (QED) is 0.252. The second-order valence-corrected chi connectivity index (χ2v) is 10.8. The first-order chi connectivity index (χ1) is 16.9. The molecule has 4 aromatic rings. The van der Waals surface area contributed by atoms with E-state index in [4.69, 9.17) is 0 Å². The Morgan fingerprint density at radius 3 is 2.26 bits per heavy atom. The molecule has 1 aromatic heterocycles. The van der Waals surface area contributed by atoms with Gasteiger partial charge in [-0.15, -0.1) is 0 Å². The molecular formula is C26H24N4O3S2. The molecule has 1 heterocycles. The third-order valence-corrected chi connectivity index (χ3v) is 7.57. The molecular weight excluding hydrogens is 480 g/mol. The molecule has 0 aliphatic heterocycles. The van der Waals surface area contributed by atoms with E-state index in [2.05, 4.69) is 20.0 Å². The highest BCUT2D eigenvalue weighted by atomic mass is 32.2. The summed E-state index contributed by atoms with van der Waals surface area (Å²) in [5.74, 6) is -0.215. The molecule has 2 N–H and O–H groups in total. The molecule has 0 radical (unpaired) electrons. The summed E-state index contributed by atoms with van der Waals surface area (Å²) in [5.41, 5.74) is 3.14. The highest BCUT2D eigenvalue weighted by molar-refractivity contribution is 8.00. The van der Waals surface area contributed by atoms with Gasteiger partial charge >= 0.3 is 0 Å². The minimum atomic E-state index is -3.67. The van der Waals surface area contributed by atoms with Crippen LogP contribution in [0.4, 0.5) is 5.69 Å². The molecule has 0 aliphatic carbocycles. The van der Waals surface area contributed by atoms with Gasteiger partial charge in [0.2, 0.25) is 15.9 Å². The highest BCUT2D eigenvalue weighted by Crippen LogP contribution is 2.26. The number of nitrogens with one attached hydrogen (secondary N) is 2. The molecule has 9 heteroatoms. The maximum absolute atomic E-state index is 12.7. The molecule has 7 nitrogen and oxygen atoms in total. The standard InChI is InChI=1S/C26H24N4O3S2/c1-19(34-25-16-24(27-18-28-25)21-10-6-3-7-11-21)26(31)30-22-12-14-23(15-13-22)35(32,33)29-17-20-8-4-2-5-9-20/h2-16,18-19,29H,17H2,1H3,(H,30,31). The number of amides is 1. The maximum atomic E-state index is 12.7. The number of aromatic nitrogens is 2. The first-order valence-electron chi connectivity index (χ1n) is 10.9. The Hall–Kier alpha value is -3.53. The van der Waals surface area contributed by atoms with Crippen LogP contribution < -0.4 is 10.0 Å². The van der Waals surface area contributed by atoms with Gasteiger partial charge in [0.25, 0.3) is 0 Å². The van der Waals surface area contributed by atoms with E-state index in [0.717, 1.165) is 16.8 Å². The second kappa shape index (κ2) is 11.3. The van der Waals surface area contributed by atoms with Crippen LogP contribution in [-0.2, 0) is 21.4 Å². The fourth-order valence-corrected chi connectivity index (χ4v) is 5.06. The van der Waals surface area contributed by atoms with E-state index in [9.17, 15) is 13.2 Å². The van der Waals surface area contributed by atoms with Gasteiger partial charge in [-0.3, -0.25) is 4.79 Å². The van der Waals surface area contributed by atoms with Crippen molar-refractivity contribution in [2.45, 2.75) is 28.6 Å². The van der Waals surface area contributed by atoms with Crippen LogP contribution in [0.2, 0.25) is 0 Å². The highest BCUT2D eigenvalue weighted by Gasteiger charge is 2.17. The molecule has 3 aromatic carbocycles. The zero-order valence-corrected chi connectivity index (χ0v) is 20.6. The summed E-state index contributed by atoms with van der Waals surface area (Å²) in [6.07, 6.45) is 1.49. The average molecular weight is 505 g/mol. The molecule has 178 valence electrons. The third kappa shape index (κ3) is 6.75. The first kappa shape index (κ1) is 24.6. The Morgan fingerprint density at radius 1 is 0.914 bits per heavy atom. The van der Waals surface area contributed by atoms with Gasteiger partial charge in [-0.05, 0) is 42.8 Å². The largest absolute Gasteiger partial charge is 0.325 e. The van der Waals surface area contributed by atoms with Gasteiger partial charge in [-0.2, -0.15) is 0 Å². The van der Waals surface area contributed by atoms with E-state index < -0.39 is 15.3 Å². The lowest BCUT2D eigenvalue weighted by Crippen LogP contribution is -2.24. The summed E-state index contributed by atoms with van der Waals surface area (Å²) < 4.78 is 27.7. The Balaban J connectivity index is 1.35. The molecule has 1 amide bonds.